The topological polar surface area (TPSA) is 80.3 Å². The normalized spacial score (nSPS) is 10.2. The van der Waals surface area contributed by atoms with Crippen molar-refractivity contribution in [2.24, 2.45) is 0 Å². The molecule has 0 radical (unpaired) electrons. The summed E-state index contributed by atoms with van der Waals surface area (Å²) in [5, 5.41) is 6.21. The summed E-state index contributed by atoms with van der Waals surface area (Å²) in [5.74, 6) is -0.947. The van der Waals surface area contributed by atoms with Gasteiger partial charge in [0.15, 0.2) is 0 Å². The van der Waals surface area contributed by atoms with Crippen molar-refractivity contribution < 1.29 is 14.3 Å². The molecule has 0 aliphatic heterocycles. The molecule has 1 heterocycles. The summed E-state index contributed by atoms with van der Waals surface area (Å²) in [6.07, 6.45) is 1.59. The van der Waals surface area contributed by atoms with Gasteiger partial charge in [-0.25, -0.2) is 9.78 Å². The van der Waals surface area contributed by atoms with Gasteiger partial charge in [-0.2, -0.15) is 0 Å². The molecule has 7 heteroatoms. The van der Waals surface area contributed by atoms with Crippen LogP contribution in [0.1, 0.15) is 26.4 Å². The van der Waals surface area contributed by atoms with Crippen LogP contribution in [0.5, 0.6) is 0 Å². The SMILES string of the molecule is COC(=O)c1ccc(Cl)c(NC(=O)c2ccc(NCc3ccccc3)cn2)c1. The van der Waals surface area contributed by atoms with Crippen LogP contribution in [0.2, 0.25) is 5.02 Å². The van der Waals surface area contributed by atoms with E-state index in [0.717, 1.165) is 11.3 Å². The van der Waals surface area contributed by atoms with E-state index in [4.69, 9.17) is 11.6 Å². The second-order valence-corrected chi connectivity index (χ2v) is 6.32. The first-order valence-electron chi connectivity index (χ1n) is 8.50. The fourth-order valence-electron chi connectivity index (χ4n) is 2.48. The number of hydrogen-bond donors (Lipinski definition) is 2. The number of halogens is 1. The number of ether oxygens (including phenoxy) is 1. The number of carbonyl (C=O) groups excluding carboxylic acids is 2. The Morgan fingerprint density at radius 3 is 2.54 bits per heavy atom. The maximum absolute atomic E-state index is 12.4. The summed E-state index contributed by atoms with van der Waals surface area (Å²) >= 11 is 6.10. The Morgan fingerprint density at radius 2 is 1.86 bits per heavy atom. The van der Waals surface area contributed by atoms with Gasteiger partial charge >= 0.3 is 5.97 Å². The molecule has 0 aliphatic carbocycles. The van der Waals surface area contributed by atoms with Crippen molar-refractivity contribution >= 4 is 34.9 Å². The summed E-state index contributed by atoms with van der Waals surface area (Å²) < 4.78 is 4.67. The Hall–Kier alpha value is -3.38. The lowest BCUT2D eigenvalue weighted by atomic mass is 10.2. The molecule has 6 nitrogen and oxygen atoms in total. The lowest BCUT2D eigenvalue weighted by Crippen LogP contribution is -2.14. The molecule has 3 aromatic rings. The maximum atomic E-state index is 12.4. The number of hydrogen-bond acceptors (Lipinski definition) is 5. The quantitative estimate of drug-likeness (QED) is 0.605. The number of methoxy groups -OCH3 is 1. The Morgan fingerprint density at radius 1 is 1.07 bits per heavy atom. The molecule has 0 unspecified atom stereocenters. The number of carbonyl (C=O) groups is 2. The summed E-state index contributed by atoms with van der Waals surface area (Å²) in [6, 6.07) is 17.9. The third-order valence-electron chi connectivity index (χ3n) is 3.97. The first-order chi connectivity index (χ1) is 13.6. The van der Waals surface area contributed by atoms with Crippen molar-refractivity contribution in [2.75, 3.05) is 17.7 Å². The molecule has 0 aliphatic rings. The molecule has 0 spiro atoms. The first-order valence-corrected chi connectivity index (χ1v) is 8.87. The minimum absolute atomic E-state index is 0.227. The molecule has 0 atom stereocenters. The average molecular weight is 396 g/mol. The predicted octanol–water partition coefficient (Wildman–Crippen LogP) is 4.39. The van der Waals surface area contributed by atoms with Crippen molar-refractivity contribution in [3.8, 4) is 0 Å². The van der Waals surface area contributed by atoms with Crippen molar-refractivity contribution in [1.29, 1.82) is 0 Å². The van der Waals surface area contributed by atoms with Crippen LogP contribution >= 0.6 is 11.6 Å². The second kappa shape index (κ2) is 9.01. The van der Waals surface area contributed by atoms with Crippen LogP contribution in [0, 0.1) is 0 Å². The summed E-state index contributed by atoms with van der Waals surface area (Å²) in [7, 11) is 1.28. The molecule has 2 N–H and O–H groups in total. The number of nitrogens with zero attached hydrogens (tertiary/aromatic N) is 1. The largest absolute Gasteiger partial charge is 0.465 e. The molecule has 3 rings (SSSR count). The van der Waals surface area contributed by atoms with Gasteiger partial charge in [0.05, 0.1) is 35.3 Å². The molecule has 0 saturated carbocycles. The van der Waals surface area contributed by atoms with Crippen molar-refractivity contribution in [3.05, 3.63) is 88.7 Å². The number of pyridine rings is 1. The van der Waals surface area contributed by atoms with Crippen LogP contribution in [-0.4, -0.2) is 24.0 Å². The van der Waals surface area contributed by atoms with Gasteiger partial charge in [0.1, 0.15) is 5.69 Å². The number of aromatic nitrogens is 1. The lowest BCUT2D eigenvalue weighted by Gasteiger charge is -2.10. The van der Waals surface area contributed by atoms with Crippen LogP contribution in [0.15, 0.2) is 66.9 Å². The first kappa shape index (κ1) is 19.4. The molecule has 142 valence electrons. The highest BCUT2D eigenvalue weighted by Crippen LogP contribution is 2.24. The fraction of sp³-hybridized carbons (Fsp3) is 0.0952. The summed E-state index contributed by atoms with van der Waals surface area (Å²) in [5.41, 5.74) is 2.76. The highest BCUT2D eigenvalue weighted by molar-refractivity contribution is 6.34. The minimum Gasteiger partial charge on any atom is -0.465 e. The van der Waals surface area contributed by atoms with E-state index in [2.05, 4.69) is 20.4 Å². The van der Waals surface area contributed by atoms with Crippen LogP contribution in [0.4, 0.5) is 11.4 Å². The zero-order valence-corrected chi connectivity index (χ0v) is 15.9. The molecule has 0 bridgehead atoms. The molecular weight excluding hydrogens is 378 g/mol. The van der Waals surface area contributed by atoms with E-state index in [9.17, 15) is 9.59 Å². The summed E-state index contributed by atoms with van der Waals surface area (Å²) in [6.45, 7) is 0.657. The monoisotopic (exact) mass is 395 g/mol. The lowest BCUT2D eigenvalue weighted by molar-refractivity contribution is 0.0600. The molecule has 1 amide bonds. The Balaban J connectivity index is 1.65. The Bertz CT molecular complexity index is 976. The number of anilines is 2. The van der Waals surface area contributed by atoms with E-state index in [1.54, 1.807) is 18.3 Å². The second-order valence-electron chi connectivity index (χ2n) is 5.91. The molecule has 0 fully saturated rings. The van der Waals surface area contributed by atoms with E-state index >= 15 is 0 Å². The van der Waals surface area contributed by atoms with E-state index in [1.165, 1.54) is 25.3 Å². The van der Waals surface area contributed by atoms with E-state index in [0.29, 0.717) is 17.3 Å². The van der Waals surface area contributed by atoms with Gasteiger partial charge in [-0.3, -0.25) is 4.79 Å². The van der Waals surface area contributed by atoms with Crippen LogP contribution in [-0.2, 0) is 11.3 Å². The number of nitrogens with one attached hydrogen (secondary N) is 2. The van der Waals surface area contributed by atoms with Crippen LogP contribution in [0.3, 0.4) is 0 Å². The van der Waals surface area contributed by atoms with Gasteiger partial charge in [-0.05, 0) is 35.9 Å². The Labute approximate surface area is 167 Å². The zero-order chi connectivity index (χ0) is 19.9. The van der Waals surface area contributed by atoms with Crippen molar-refractivity contribution in [2.45, 2.75) is 6.54 Å². The van der Waals surface area contributed by atoms with Gasteiger partial charge in [-0.15, -0.1) is 0 Å². The predicted molar refractivity (Wildman–Crippen MR) is 109 cm³/mol. The number of esters is 1. The summed E-state index contributed by atoms with van der Waals surface area (Å²) in [4.78, 5) is 28.3. The van der Waals surface area contributed by atoms with E-state index in [1.807, 2.05) is 30.3 Å². The number of amides is 1. The van der Waals surface area contributed by atoms with Gasteiger partial charge < -0.3 is 15.4 Å². The average Bonchev–Trinajstić information content (AvgIpc) is 2.74. The number of benzene rings is 2. The standard InChI is InChI=1S/C21H18ClN3O3/c1-28-21(27)15-7-9-17(22)19(11-15)25-20(26)18-10-8-16(13-24-18)23-12-14-5-3-2-4-6-14/h2-11,13,23H,12H2,1H3,(H,25,26). The Kier molecular flexibility index (Phi) is 6.24. The minimum atomic E-state index is -0.515. The van der Waals surface area contributed by atoms with Crippen molar-refractivity contribution in [3.63, 3.8) is 0 Å². The third-order valence-corrected chi connectivity index (χ3v) is 4.30. The molecule has 28 heavy (non-hydrogen) atoms. The highest BCUT2D eigenvalue weighted by Gasteiger charge is 2.13. The molecule has 1 aromatic heterocycles. The third kappa shape index (κ3) is 4.86. The van der Waals surface area contributed by atoms with Gasteiger partial charge in [-0.1, -0.05) is 41.9 Å². The molecule has 2 aromatic carbocycles. The van der Waals surface area contributed by atoms with Crippen LogP contribution < -0.4 is 10.6 Å². The van der Waals surface area contributed by atoms with Gasteiger partial charge in [0.25, 0.3) is 5.91 Å². The van der Waals surface area contributed by atoms with Crippen molar-refractivity contribution in [1.82, 2.24) is 4.98 Å². The highest BCUT2D eigenvalue weighted by atomic mass is 35.5. The van der Waals surface area contributed by atoms with E-state index in [-0.39, 0.29) is 11.3 Å². The van der Waals surface area contributed by atoms with Gasteiger partial charge in [0, 0.05) is 6.54 Å². The van der Waals surface area contributed by atoms with Crippen LogP contribution in [0.25, 0.3) is 0 Å². The maximum Gasteiger partial charge on any atom is 0.337 e. The van der Waals surface area contributed by atoms with E-state index < -0.39 is 11.9 Å². The smallest absolute Gasteiger partial charge is 0.337 e. The molecule has 0 saturated heterocycles. The zero-order valence-electron chi connectivity index (χ0n) is 15.1. The van der Waals surface area contributed by atoms with Gasteiger partial charge in [0.2, 0.25) is 0 Å². The molecular formula is C21H18ClN3O3. The fourth-order valence-corrected chi connectivity index (χ4v) is 2.65. The number of rotatable bonds is 6.